The Morgan fingerprint density at radius 1 is 1.23 bits per heavy atom. The fourth-order valence-electron chi connectivity index (χ4n) is 4.09. The van der Waals surface area contributed by atoms with Crippen molar-refractivity contribution in [2.45, 2.75) is 13.0 Å². The molecule has 0 saturated heterocycles. The average molecular weight is 437 g/mol. The topological polar surface area (TPSA) is 69.6 Å². The molecule has 30 heavy (non-hydrogen) atoms. The number of benzene rings is 1. The number of aromatic nitrogens is 1. The number of hydrogen-bond donors (Lipinski definition) is 2. The minimum Gasteiger partial charge on any atom is -0.497 e. The molecule has 1 aliphatic heterocycles. The molecule has 1 atom stereocenters. The van der Waals surface area contributed by atoms with E-state index >= 15 is 0 Å². The van der Waals surface area contributed by atoms with E-state index in [2.05, 4.69) is 24.6 Å². The normalized spacial score (nSPS) is 15.9. The third-order valence-corrected chi connectivity index (χ3v) is 7.64. The number of ether oxygens (including phenoxy) is 1. The second-order valence-electron chi connectivity index (χ2n) is 7.61. The van der Waals surface area contributed by atoms with Crippen LogP contribution >= 0.6 is 22.7 Å². The molecule has 0 spiro atoms. The minimum atomic E-state index is -0.0732. The number of nitrogens with zero attached hydrogens (tertiary/aromatic N) is 1. The zero-order valence-corrected chi connectivity index (χ0v) is 18.5. The van der Waals surface area contributed by atoms with Crippen molar-refractivity contribution in [3.8, 4) is 16.2 Å². The highest BCUT2D eigenvalue weighted by molar-refractivity contribution is 7.21. The van der Waals surface area contributed by atoms with E-state index in [9.17, 15) is 4.79 Å². The van der Waals surface area contributed by atoms with Crippen LogP contribution in [0.5, 0.6) is 5.75 Å². The summed E-state index contributed by atoms with van der Waals surface area (Å²) in [5.41, 5.74) is 11.3. The summed E-state index contributed by atoms with van der Waals surface area (Å²) in [5.74, 6) is 0.646. The van der Waals surface area contributed by atoms with Gasteiger partial charge in [0.2, 0.25) is 5.78 Å². The zero-order valence-electron chi connectivity index (χ0n) is 16.8. The number of hydrogen-bond acceptors (Lipinski definition) is 6. The highest BCUT2D eigenvalue weighted by Crippen LogP contribution is 2.44. The molecule has 0 saturated carbocycles. The van der Waals surface area contributed by atoms with Crippen LogP contribution in [0.4, 0.5) is 5.69 Å². The fourth-order valence-corrected chi connectivity index (χ4v) is 5.98. The molecule has 0 radical (unpaired) electrons. The maximum absolute atomic E-state index is 13.3. The average Bonchev–Trinajstić information content (AvgIpc) is 3.40. The molecule has 1 unspecified atom stereocenters. The largest absolute Gasteiger partial charge is 0.497 e. The van der Waals surface area contributed by atoms with Crippen LogP contribution < -0.4 is 15.4 Å². The van der Waals surface area contributed by atoms with Crippen molar-refractivity contribution >= 4 is 44.4 Å². The van der Waals surface area contributed by atoms with Crippen molar-refractivity contribution in [3.63, 3.8) is 0 Å². The number of nitrogens with one attached hydrogen (secondary N) is 1. The highest BCUT2D eigenvalue weighted by atomic mass is 32.1. The van der Waals surface area contributed by atoms with Gasteiger partial charge in [-0.15, -0.1) is 22.7 Å². The standard InChI is InChI=1S/C23H21N3O2S2/c1-26-10-9-16-15(12-26)18(17-4-3-11-29-17)19-20(24)22(30-23(19)25-16)21(27)13-5-7-14(28-2)8-6-13/h3-8,11H,9-10,12,24H2,1-2H3/p+1. The van der Waals surface area contributed by atoms with Crippen LogP contribution in [-0.4, -0.2) is 31.5 Å². The van der Waals surface area contributed by atoms with Gasteiger partial charge < -0.3 is 15.4 Å². The van der Waals surface area contributed by atoms with Crippen molar-refractivity contribution < 1.29 is 14.4 Å². The summed E-state index contributed by atoms with van der Waals surface area (Å²) in [6, 6.07) is 11.3. The smallest absolute Gasteiger partial charge is 0.205 e. The number of nitrogens with two attached hydrogens (primary N) is 1. The van der Waals surface area contributed by atoms with Crippen LogP contribution in [0.15, 0.2) is 41.8 Å². The molecular weight excluding hydrogens is 414 g/mol. The van der Waals surface area contributed by atoms with E-state index < -0.39 is 0 Å². The Balaban J connectivity index is 1.72. The lowest BCUT2D eigenvalue weighted by molar-refractivity contribution is -0.895. The number of pyridine rings is 1. The van der Waals surface area contributed by atoms with Crippen molar-refractivity contribution in [1.82, 2.24) is 4.98 Å². The summed E-state index contributed by atoms with van der Waals surface area (Å²) in [7, 11) is 3.82. The zero-order chi connectivity index (χ0) is 20.8. The quantitative estimate of drug-likeness (QED) is 0.481. The van der Waals surface area contributed by atoms with E-state index in [0.29, 0.717) is 16.1 Å². The number of thiophene rings is 2. The molecule has 5 rings (SSSR count). The predicted molar refractivity (Wildman–Crippen MR) is 123 cm³/mol. The SMILES string of the molecule is COc1ccc(C(=O)c2sc3nc4c(c(-c5cccs5)c3c2N)C[NH+](C)CC4)cc1. The molecule has 7 heteroatoms. The van der Waals surface area contributed by atoms with Gasteiger partial charge in [-0.2, -0.15) is 0 Å². The molecule has 5 nitrogen and oxygen atoms in total. The lowest BCUT2D eigenvalue weighted by Crippen LogP contribution is -3.08. The predicted octanol–water partition coefficient (Wildman–Crippen LogP) is 3.42. The summed E-state index contributed by atoms with van der Waals surface area (Å²) in [5, 5.41) is 3.01. The summed E-state index contributed by atoms with van der Waals surface area (Å²) in [6.45, 7) is 1.98. The van der Waals surface area contributed by atoms with Gasteiger partial charge in [0.25, 0.3) is 0 Å². The Labute approximate surface area is 182 Å². The van der Waals surface area contributed by atoms with E-state index in [0.717, 1.165) is 46.7 Å². The number of nitrogen functional groups attached to an aromatic ring is 1. The Morgan fingerprint density at radius 3 is 2.73 bits per heavy atom. The van der Waals surface area contributed by atoms with Crippen molar-refractivity contribution in [3.05, 3.63) is 63.5 Å². The lowest BCUT2D eigenvalue weighted by Gasteiger charge is -2.24. The Morgan fingerprint density at radius 2 is 2.03 bits per heavy atom. The van der Waals surface area contributed by atoms with Gasteiger partial charge in [-0.05, 0) is 35.7 Å². The van der Waals surface area contributed by atoms with Crippen LogP contribution in [0.25, 0.3) is 20.7 Å². The van der Waals surface area contributed by atoms with E-state index in [-0.39, 0.29) is 5.78 Å². The first-order chi connectivity index (χ1) is 14.6. The van der Waals surface area contributed by atoms with Gasteiger partial charge >= 0.3 is 0 Å². The molecule has 0 bridgehead atoms. The van der Waals surface area contributed by atoms with E-state index in [1.165, 1.54) is 26.7 Å². The number of carbonyl (C=O) groups is 1. The van der Waals surface area contributed by atoms with Crippen molar-refractivity contribution in [1.29, 1.82) is 0 Å². The molecule has 3 aromatic heterocycles. The van der Waals surface area contributed by atoms with Gasteiger partial charge in [0, 0.05) is 33.4 Å². The van der Waals surface area contributed by atoms with Gasteiger partial charge in [0.15, 0.2) is 0 Å². The van der Waals surface area contributed by atoms with E-state index in [4.69, 9.17) is 15.5 Å². The molecule has 1 aromatic carbocycles. The molecule has 0 fully saturated rings. The number of anilines is 1. The molecule has 3 N–H and O–H groups in total. The number of carbonyl (C=O) groups excluding carboxylic acids is 1. The van der Waals surface area contributed by atoms with Crippen molar-refractivity contribution in [2.75, 3.05) is 26.4 Å². The Hall–Kier alpha value is -2.74. The molecule has 4 heterocycles. The first kappa shape index (κ1) is 19.2. The first-order valence-electron chi connectivity index (χ1n) is 9.84. The number of fused-ring (bicyclic) bond motifs is 2. The molecular formula is C23H22N3O2S2+. The van der Waals surface area contributed by atoms with Crippen LogP contribution in [0, 0.1) is 0 Å². The third-order valence-electron chi connectivity index (χ3n) is 5.66. The number of ketones is 1. The van der Waals surface area contributed by atoms with E-state index in [1.54, 1.807) is 42.7 Å². The highest BCUT2D eigenvalue weighted by Gasteiger charge is 2.29. The van der Waals surface area contributed by atoms with Crippen LogP contribution in [0.1, 0.15) is 26.5 Å². The monoisotopic (exact) mass is 436 g/mol. The van der Waals surface area contributed by atoms with E-state index in [1.807, 2.05) is 0 Å². The fraction of sp³-hybridized carbons (Fsp3) is 0.217. The van der Waals surface area contributed by atoms with Crippen LogP contribution in [0.2, 0.25) is 0 Å². The van der Waals surface area contributed by atoms with Gasteiger partial charge in [0.05, 0.1) is 32.1 Å². The summed E-state index contributed by atoms with van der Waals surface area (Å²) >= 11 is 3.11. The van der Waals surface area contributed by atoms with Gasteiger partial charge in [-0.1, -0.05) is 6.07 Å². The van der Waals surface area contributed by atoms with Crippen LogP contribution in [-0.2, 0) is 13.0 Å². The number of methoxy groups -OCH3 is 1. The molecule has 0 aliphatic carbocycles. The molecule has 1 aliphatic rings. The maximum Gasteiger partial charge on any atom is 0.205 e. The number of rotatable bonds is 4. The summed E-state index contributed by atoms with van der Waals surface area (Å²) < 4.78 is 5.20. The summed E-state index contributed by atoms with van der Waals surface area (Å²) in [6.07, 6.45) is 0.940. The van der Waals surface area contributed by atoms with Crippen LogP contribution in [0.3, 0.4) is 0 Å². The number of likely N-dealkylation sites (N-methyl/N-ethyl adjacent to an activating group) is 1. The lowest BCUT2D eigenvalue weighted by atomic mass is 9.95. The first-order valence-corrected chi connectivity index (χ1v) is 11.5. The van der Waals surface area contributed by atoms with Gasteiger partial charge in [-0.25, -0.2) is 4.98 Å². The second-order valence-corrected chi connectivity index (χ2v) is 9.55. The third kappa shape index (κ3) is 3.10. The van der Waals surface area contributed by atoms with Crippen molar-refractivity contribution in [2.24, 2.45) is 0 Å². The molecule has 0 amide bonds. The number of quaternary nitrogens is 1. The van der Waals surface area contributed by atoms with Gasteiger partial charge in [0.1, 0.15) is 22.0 Å². The summed E-state index contributed by atoms with van der Waals surface area (Å²) in [4.78, 5) is 22.3. The Kier molecular flexibility index (Phi) is 4.81. The maximum atomic E-state index is 13.3. The molecule has 152 valence electrons. The second kappa shape index (κ2) is 7.50. The molecule has 4 aromatic rings. The Bertz CT molecular complexity index is 1240. The minimum absolute atomic E-state index is 0.0732. The van der Waals surface area contributed by atoms with Gasteiger partial charge in [-0.3, -0.25) is 4.79 Å².